The van der Waals surface area contributed by atoms with Crippen LogP contribution in [0.2, 0.25) is 0 Å². The van der Waals surface area contributed by atoms with E-state index in [1.165, 1.54) is 25.7 Å². The zero-order valence-corrected chi connectivity index (χ0v) is 11.4. The normalized spacial score (nSPS) is 25.4. The third kappa shape index (κ3) is 2.73. The highest BCUT2D eigenvalue weighted by atomic mass is 79.9. The van der Waals surface area contributed by atoms with Gasteiger partial charge in [0.15, 0.2) is 0 Å². The van der Waals surface area contributed by atoms with Crippen LogP contribution >= 0.6 is 15.9 Å². The lowest BCUT2D eigenvalue weighted by Gasteiger charge is -2.33. The van der Waals surface area contributed by atoms with Crippen LogP contribution in [0.1, 0.15) is 32.6 Å². The Balaban J connectivity index is 2.01. The van der Waals surface area contributed by atoms with E-state index in [9.17, 15) is 0 Å². The van der Waals surface area contributed by atoms with Gasteiger partial charge in [-0.15, -0.1) is 0 Å². The van der Waals surface area contributed by atoms with Crippen LogP contribution in [0.3, 0.4) is 0 Å². The molecule has 2 rings (SSSR count). The molecule has 1 saturated carbocycles. The Morgan fingerprint density at radius 1 is 1.19 bits per heavy atom. The molecule has 1 aromatic heterocycles. The number of aromatic nitrogens is 2. The van der Waals surface area contributed by atoms with E-state index in [-0.39, 0.29) is 0 Å². The monoisotopic (exact) mass is 283 g/mol. The molecule has 0 amide bonds. The van der Waals surface area contributed by atoms with Crippen molar-refractivity contribution in [2.75, 3.05) is 11.9 Å². The molecule has 1 aliphatic carbocycles. The highest BCUT2D eigenvalue weighted by Gasteiger charge is 2.22. The van der Waals surface area contributed by atoms with Crippen molar-refractivity contribution in [3.05, 3.63) is 16.9 Å². The smallest absolute Gasteiger partial charge is 0.225 e. The molecule has 1 heterocycles. The van der Waals surface area contributed by atoms with Crippen LogP contribution < -0.4 is 4.90 Å². The van der Waals surface area contributed by atoms with Crippen molar-refractivity contribution in [2.24, 2.45) is 5.92 Å². The first-order valence-electron chi connectivity index (χ1n) is 5.87. The number of anilines is 1. The first kappa shape index (κ1) is 11.8. The van der Waals surface area contributed by atoms with Gasteiger partial charge in [-0.25, -0.2) is 9.97 Å². The molecule has 1 fully saturated rings. The lowest BCUT2D eigenvalue weighted by Crippen LogP contribution is -2.35. The van der Waals surface area contributed by atoms with Crippen molar-refractivity contribution >= 4 is 21.9 Å². The summed E-state index contributed by atoms with van der Waals surface area (Å²) in [6.07, 6.45) is 8.79. The molecule has 0 aliphatic heterocycles. The third-order valence-electron chi connectivity index (χ3n) is 3.46. The summed E-state index contributed by atoms with van der Waals surface area (Å²) in [4.78, 5) is 10.9. The molecule has 1 aliphatic rings. The fraction of sp³-hybridized carbons (Fsp3) is 0.667. The molecule has 4 heteroatoms. The van der Waals surface area contributed by atoms with Gasteiger partial charge in [0.05, 0.1) is 4.47 Å². The van der Waals surface area contributed by atoms with Crippen molar-refractivity contribution in [3.8, 4) is 0 Å². The Kier molecular flexibility index (Phi) is 3.79. The van der Waals surface area contributed by atoms with Crippen LogP contribution in [0.5, 0.6) is 0 Å². The topological polar surface area (TPSA) is 29.0 Å². The Hall–Kier alpha value is -0.640. The van der Waals surface area contributed by atoms with Gasteiger partial charge in [0, 0.05) is 25.5 Å². The van der Waals surface area contributed by atoms with Gasteiger partial charge >= 0.3 is 0 Å². The molecule has 0 radical (unpaired) electrons. The maximum absolute atomic E-state index is 4.34. The maximum Gasteiger partial charge on any atom is 0.225 e. The van der Waals surface area contributed by atoms with Crippen LogP contribution in [0.15, 0.2) is 16.9 Å². The predicted octanol–water partition coefficient (Wildman–Crippen LogP) is 3.25. The fourth-order valence-electron chi connectivity index (χ4n) is 2.28. The minimum Gasteiger partial charge on any atom is -0.341 e. The first-order chi connectivity index (χ1) is 7.66. The molecular formula is C12H18BrN3. The molecule has 88 valence electrons. The van der Waals surface area contributed by atoms with E-state index in [1.54, 1.807) is 0 Å². The minimum absolute atomic E-state index is 0.609. The predicted molar refractivity (Wildman–Crippen MR) is 69.6 cm³/mol. The van der Waals surface area contributed by atoms with Crippen molar-refractivity contribution in [1.82, 2.24) is 9.97 Å². The maximum atomic E-state index is 4.34. The van der Waals surface area contributed by atoms with Crippen LogP contribution in [0.25, 0.3) is 0 Å². The number of rotatable bonds is 2. The van der Waals surface area contributed by atoms with Gasteiger partial charge in [-0.2, -0.15) is 0 Å². The van der Waals surface area contributed by atoms with Gasteiger partial charge in [0.1, 0.15) is 0 Å². The highest BCUT2D eigenvalue weighted by molar-refractivity contribution is 9.10. The van der Waals surface area contributed by atoms with Crippen LogP contribution in [0, 0.1) is 5.92 Å². The van der Waals surface area contributed by atoms with Crippen LogP contribution in [-0.2, 0) is 0 Å². The number of nitrogens with zero attached hydrogens (tertiary/aromatic N) is 3. The van der Waals surface area contributed by atoms with Gasteiger partial charge < -0.3 is 4.90 Å². The molecule has 0 spiro atoms. The number of hydrogen-bond acceptors (Lipinski definition) is 3. The van der Waals surface area contributed by atoms with E-state index in [0.29, 0.717) is 6.04 Å². The Bertz CT molecular complexity index is 331. The average molecular weight is 284 g/mol. The zero-order chi connectivity index (χ0) is 11.5. The summed E-state index contributed by atoms with van der Waals surface area (Å²) in [6.45, 7) is 2.34. The highest BCUT2D eigenvalue weighted by Crippen LogP contribution is 2.27. The molecule has 0 N–H and O–H groups in total. The first-order valence-corrected chi connectivity index (χ1v) is 6.66. The Labute approximate surface area is 105 Å². The van der Waals surface area contributed by atoms with E-state index in [4.69, 9.17) is 0 Å². The number of hydrogen-bond donors (Lipinski definition) is 0. The van der Waals surface area contributed by atoms with Crippen molar-refractivity contribution < 1.29 is 0 Å². The standard InChI is InChI=1S/C12H18BrN3/c1-9-3-5-11(6-4-9)16(2)12-14-7-10(13)8-15-12/h7-9,11H,3-6H2,1-2H3. The molecule has 0 saturated heterocycles. The van der Waals surface area contributed by atoms with Crippen molar-refractivity contribution in [1.29, 1.82) is 0 Å². The van der Waals surface area contributed by atoms with Crippen LogP contribution in [-0.4, -0.2) is 23.1 Å². The summed E-state index contributed by atoms with van der Waals surface area (Å²) in [7, 11) is 2.10. The molecular weight excluding hydrogens is 266 g/mol. The molecule has 0 aromatic carbocycles. The SMILES string of the molecule is CC1CCC(N(C)c2ncc(Br)cn2)CC1. The molecule has 16 heavy (non-hydrogen) atoms. The Morgan fingerprint density at radius 2 is 1.75 bits per heavy atom. The summed E-state index contributed by atoms with van der Waals surface area (Å²) in [5.41, 5.74) is 0. The quantitative estimate of drug-likeness (QED) is 0.834. The number of halogens is 1. The second-order valence-corrected chi connectivity index (χ2v) is 5.64. The van der Waals surface area contributed by atoms with E-state index in [1.807, 2.05) is 12.4 Å². The minimum atomic E-state index is 0.609. The van der Waals surface area contributed by atoms with Gasteiger partial charge in [-0.3, -0.25) is 0 Å². The summed E-state index contributed by atoms with van der Waals surface area (Å²) in [5.74, 6) is 1.72. The van der Waals surface area contributed by atoms with Gasteiger partial charge in [-0.05, 0) is 47.5 Å². The van der Waals surface area contributed by atoms with E-state index in [2.05, 4.69) is 44.8 Å². The fourth-order valence-corrected chi connectivity index (χ4v) is 2.49. The Morgan fingerprint density at radius 3 is 2.31 bits per heavy atom. The molecule has 0 bridgehead atoms. The second-order valence-electron chi connectivity index (χ2n) is 4.73. The van der Waals surface area contributed by atoms with Crippen LogP contribution in [0.4, 0.5) is 5.95 Å². The second kappa shape index (κ2) is 5.13. The average Bonchev–Trinajstić information content (AvgIpc) is 2.30. The summed E-state index contributed by atoms with van der Waals surface area (Å²) in [6, 6.07) is 0.609. The summed E-state index contributed by atoms with van der Waals surface area (Å²) in [5, 5.41) is 0. The van der Waals surface area contributed by atoms with E-state index < -0.39 is 0 Å². The summed E-state index contributed by atoms with van der Waals surface area (Å²) >= 11 is 3.35. The summed E-state index contributed by atoms with van der Waals surface area (Å²) < 4.78 is 0.932. The van der Waals surface area contributed by atoms with E-state index >= 15 is 0 Å². The zero-order valence-electron chi connectivity index (χ0n) is 9.86. The van der Waals surface area contributed by atoms with Gasteiger partial charge in [0.2, 0.25) is 5.95 Å². The molecule has 1 aromatic rings. The lowest BCUT2D eigenvalue weighted by atomic mass is 9.87. The van der Waals surface area contributed by atoms with Crippen molar-refractivity contribution in [3.63, 3.8) is 0 Å². The third-order valence-corrected chi connectivity index (χ3v) is 3.86. The van der Waals surface area contributed by atoms with Gasteiger partial charge in [-0.1, -0.05) is 6.92 Å². The molecule has 0 atom stereocenters. The molecule has 0 unspecified atom stereocenters. The van der Waals surface area contributed by atoms with Crippen molar-refractivity contribution in [2.45, 2.75) is 38.6 Å². The molecule has 3 nitrogen and oxygen atoms in total. The van der Waals surface area contributed by atoms with Gasteiger partial charge in [0.25, 0.3) is 0 Å². The largest absolute Gasteiger partial charge is 0.341 e. The van der Waals surface area contributed by atoms with E-state index in [0.717, 1.165) is 16.3 Å². The lowest BCUT2D eigenvalue weighted by molar-refractivity contribution is 0.339.